The van der Waals surface area contributed by atoms with Gasteiger partial charge in [0.2, 0.25) is 0 Å². The zero-order valence-corrected chi connectivity index (χ0v) is 14.7. The van der Waals surface area contributed by atoms with Crippen LogP contribution in [0.15, 0.2) is 49.1 Å². The Bertz CT molecular complexity index is 759. The normalized spacial score (nSPS) is 15.1. The van der Waals surface area contributed by atoms with Crippen LogP contribution in [0.5, 0.6) is 0 Å². The van der Waals surface area contributed by atoms with Crippen molar-refractivity contribution >= 4 is 11.9 Å². The summed E-state index contributed by atoms with van der Waals surface area (Å²) in [5.41, 5.74) is 0.101. The van der Waals surface area contributed by atoms with E-state index in [1.54, 1.807) is 0 Å². The number of aliphatic hydroxyl groups excluding tert-OH is 4. The number of rotatable bonds is 9. The summed E-state index contributed by atoms with van der Waals surface area (Å²) in [6.07, 6.45) is -1.42. The van der Waals surface area contributed by atoms with E-state index in [1.807, 2.05) is 0 Å². The van der Waals surface area contributed by atoms with E-state index in [4.69, 9.17) is 14.6 Å². The minimum absolute atomic E-state index is 0.0356. The molecule has 10 nitrogen and oxygen atoms in total. The lowest BCUT2D eigenvalue weighted by Gasteiger charge is -2.31. The van der Waals surface area contributed by atoms with Gasteiger partial charge < -0.3 is 29.9 Å². The van der Waals surface area contributed by atoms with Gasteiger partial charge in [0, 0.05) is 24.8 Å². The molecule has 0 aliphatic heterocycles. The smallest absolute Gasteiger partial charge is 0.340 e. The molecule has 0 aromatic carbocycles. The molecule has 0 amide bonds. The second-order valence-corrected chi connectivity index (χ2v) is 5.72. The van der Waals surface area contributed by atoms with Crippen LogP contribution in [0.4, 0.5) is 0 Å². The van der Waals surface area contributed by atoms with Gasteiger partial charge in [0.05, 0.1) is 24.3 Å². The number of nitrogens with zero attached hydrogens (tertiary/aromatic N) is 2. The van der Waals surface area contributed by atoms with Crippen LogP contribution in [0.3, 0.4) is 0 Å². The highest BCUT2D eigenvalue weighted by Gasteiger charge is 2.38. The molecule has 10 heteroatoms. The highest BCUT2D eigenvalue weighted by atomic mass is 16.6. The SMILES string of the molecule is O=C(O[C@@H]([C@H](O)[C@H](O)CO)[C@@H](CO)OC(=O)c1cccnc1)c1cccnc1. The molecule has 0 bridgehead atoms. The highest BCUT2D eigenvalue weighted by molar-refractivity contribution is 5.90. The summed E-state index contributed by atoms with van der Waals surface area (Å²) in [6, 6.07) is 5.79. The van der Waals surface area contributed by atoms with Crippen molar-refractivity contribution in [1.29, 1.82) is 0 Å². The fourth-order valence-electron chi connectivity index (χ4n) is 2.26. The van der Waals surface area contributed by atoms with Gasteiger partial charge in [-0.15, -0.1) is 0 Å². The van der Waals surface area contributed by atoms with E-state index in [1.165, 1.54) is 49.1 Å². The lowest BCUT2D eigenvalue weighted by atomic mass is 10.0. The van der Waals surface area contributed by atoms with Crippen molar-refractivity contribution in [3.63, 3.8) is 0 Å². The van der Waals surface area contributed by atoms with Crippen molar-refractivity contribution in [1.82, 2.24) is 9.97 Å². The van der Waals surface area contributed by atoms with Crippen LogP contribution in [0.2, 0.25) is 0 Å². The number of aliphatic hydroxyl groups is 4. The lowest BCUT2D eigenvalue weighted by molar-refractivity contribution is -0.131. The zero-order valence-electron chi connectivity index (χ0n) is 14.7. The Kier molecular flexibility index (Phi) is 7.96. The van der Waals surface area contributed by atoms with Gasteiger partial charge in [0.1, 0.15) is 12.2 Å². The molecule has 2 rings (SSSR count). The average molecular weight is 392 g/mol. The molecule has 0 fully saturated rings. The lowest BCUT2D eigenvalue weighted by Crippen LogP contribution is -2.51. The molecule has 4 atom stereocenters. The predicted octanol–water partition coefficient (Wildman–Crippen LogP) is -1.07. The minimum atomic E-state index is -1.84. The van der Waals surface area contributed by atoms with Crippen LogP contribution in [-0.4, -0.2) is 80.0 Å². The zero-order chi connectivity index (χ0) is 20.5. The van der Waals surface area contributed by atoms with E-state index in [9.17, 15) is 24.9 Å². The van der Waals surface area contributed by atoms with E-state index >= 15 is 0 Å². The molecule has 0 spiro atoms. The van der Waals surface area contributed by atoms with Crippen molar-refractivity contribution in [3.8, 4) is 0 Å². The molecule has 2 aromatic rings. The van der Waals surface area contributed by atoms with Crippen LogP contribution < -0.4 is 0 Å². The quantitative estimate of drug-likeness (QED) is 0.387. The monoisotopic (exact) mass is 392 g/mol. The van der Waals surface area contributed by atoms with Crippen LogP contribution in [0.1, 0.15) is 20.7 Å². The molecule has 28 heavy (non-hydrogen) atoms. The molecule has 2 aromatic heterocycles. The Morgan fingerprint density at radius 3 is 1.86 bits per heavy atom. The molecule has 4 N–H and O–H groups in total. The maximum absolute atomic E-state index is 12.3. The number of ether oxygens (including phenoxy) is 2. The first-order valence-electron chi connectivity index (χ1n) is 8.27. The van der Waals surface area contributed by atoms with E-state index in [0.29, 0.717) is 0 Å². The third-order valence-electron chi connectivity index (χ3n) is 3.76. The Morgan fingerprint density at radius 1 is 0.893 bits per heavy atom. The fourth-order valence-corrected chi connectivity index (χ4v) is 2.26. The van der Waals surface area contributed by atoms with Gasteiger partial charge in [0.15, 0.2) is 12.2 Å². The summed E-state index contributed by atoms with van der Waals surface area (Å²) in [4.78, 5) is 32.1. The number of esters is 2. The molecule has 0 saturated carbocycles. The Labute approximate surface area is 160 Å². The number of hydrogen-bond donors (Lipinski definition) is 4. The number of aromatic nitrogens is 2. The maximum atomic E-state index is 12.3. The van der Waals surface area contributed by atoms with Gasteiger partial charge in [0.25, 0.3) is 0 Å². The number of hydrogen-bond acceptors (Lipinski definition) is 10. The first-order valence-corrected chi connectivity index (χ1v) is 8.27. The molecule has 0 aliphatic carbocycles. The van der Waals surface area contributed by atoms with E-state index in [-0.39, 0.29) is 11.1 Å². The van der Waals surface area contributed by atoms with Crippen molar-refractivity contribution in [2.45, 2.75) is 24.4 Å². The van der Waals surface area contributed by atoms with E-state index < -0.39 is 49.6 Å². The summed E-state index contributed by atoms with van der Waals surface area (Å²) >= 11 is 0. The molecular weight excluding hydrogens is 372 g/mol. The summed E-state index contributed by atoms with van der Waals surface area (Å²) in [6.45, 7) is -1.68. The molecule has 0 radical (unpaired) electrons. The Balaban J connectivity index is 2.22. The predicted molar refractivity (Wildman–Crippen MR) is 93.1 cm³/mol. The second kappa shape index (κ2) is 10.4. The number of carbonyl (C=O) groups excluding carboxylic acids is 2. The van der Waals surface area contributed by atoms with Crippen LogP contribution in [0.25, 0.3) is 0 Å². The first kappa shape index (κ1) is 21.4. The van der Waals surface area contributed by atoms with Gasteiger partial charge in [-0.2, -0.15) is 0 Å². The van der Waals surface area contributed by atoms with Crippen LogP contribution >= 0.6 is 0 Å². The molecule has 0 aliphatic rings. The third-order valence-corrected chi connectivity index (χ3v) is 3.76. The molecule has 0 unspecified atom stereocenters. The van der Waals surface area contributed by atoms with Gasteiger partial charge in [-0.25, -0.2) is 9.59 Å². The molecular formula is C18H20N2O8. The third kappa shape index (κ3) is 5.54. The maximum Gasteiger partial charge on any atom is 0.340 e. The largest absolute Gasteiger partial charge is 0.452 e. The number of pyridine rings is 2. The van der Waals surface area contributed by atoms with Gasteiger partial charge in [-0.1, -0.05) is 0 Å². The molecule has 2 heterocycles. The standard InChI is InChI=1S/C18H20N2O8/c21-9-13(23)15(24)16(28-18(26)12-4-2-6-20-8-12)14(10-22)27-17(25)11-3-1-5-19-7-11/h1-8,13-16,21-24H,9-10H2/t13-,14-,15-,16-/m1/s1. The summed E-state index contributed by atoms with van der Waals surface area (Å²) in [7, 11) is 0. The summed E-state index contributed by atoms with van der Waals surface area (Å²) < 4.78 is 10.3. The molecule has 0 saturated heterocycles. The van der Waals surface area contributed by atoms with E-state index in [2.05, 4.69) is 9.97 Å². The van der Waals surface area contributed by atoms with Gasteiger partial charge in [-0.05, 0) is 24.3 Å². The topological polar surface area (TPSA) is 159 Å². The Morgan fingerprint density at radius 2 is 1.43 bits per heavy atom. The molecule has 150 valence electrons. The van der Waals surface area contributed by atoms with Crippen molar-refractivity contribution < 1.29 is 39.5 Å². The Hall–Kier alpha value is -2.92. The van der Waals surface area contributed by atoms with Crippen LogP contribution in [-0.2, 0) is 9.47 Å². The van der Waals surface area contributed by atoms with Gasteiger partial charge in [-0.3, -0.25) is 9.97 Å². The van der Waals surface area contributed by atoms with Crippen molar-refractivity contribution in [2.75, 3.05) is 13.2 Å². The van der Waals surface area contributed by atoms with Crippen LogP contribution in [0, 0.1) is 0 Å². The summed E-state index contributed by atoms with van der Waals surface area (Å²) in [5, 5.41) is 38.7. The minimum Gasteiger partial charge on any atom is -0.452 e. The van der Waals surface area contributed by atoms with E-state index in [0.717, 1.165) is 0 Å². The fraction of sp³-hybridized carbons (Fsp3) is 0.333. The van der Waals surface area contributed by atoms with Crippen molar-refractivity contribution in [3.05, 3.63) is 60.2 Å². The first-order chi connectivity index (χ1) is 13.5. The second-order valence-electron chi connectivity index (χ2n) is 5.72. The summed E-state index contributed by atoms with van der Waals surface area (Å²) in [5.74, 6) is -1.82. The number of carbonyl (C=O) groups is 2. The van der Waals surface area contributed by atoms with Crippen molar-refractivity contribution in [2.24, 2.45) is 0 Å². The van der Waals surface area contributed by atoms with Gasteiger partial charge >= 0.3 is 11.9 Å². The highest BCUT2D eigenvalue weighted by Crippen LogP contribution is 2.16. The average Bonchev–Trinajstić information content (AvgIpc) is 2.75.